The third kappa shape index (κ3) is 3.08. The Labute approximate surface area is 197 Å². The molecule has 8 heteroatoms. The molecular formula is C25H25N3O4S. The number of hydrogen-bond acceptors (Lipinski definition) is 5. The first-order valence-electron chi connectivity index (χ1n) is 10.7. The zero-order chi connectivity index (χ0) is 23.3. The number of benzene rings is 2. The maximum Gasteiger partial charge on any atom is 0.252 e. The fourth-order valence-corrected chi connectivity index (χ4v) is 5.43. The molecule has 5 rings (SSSR count). The molecule has 0 saturated carbocycles. The number of methoxy groups -OCH3 is 3. The number of ether oxygens (including phenoxy) is 3. The molecule has 2 aliphatic rings. The van der Waals surface area contributed by atoms with Crippen LogP contribution < -0.4 is 14.2 Å². The second-order valence-electron chi connectivity index (χ2n) is 8.07. The molecule has 33 heavy (non-hydrogen) atoms. The predicted octanol–water partition coefficient (Wildman–Crippen LogP) is 3.82. The van der Waals surface area contributed by atoms with Gasteiger partial charge in [0, 0.05) is 29.6 Å². The second-order valence-corrected chi connectivity index (χ2v) is 8.44. The van der Waals surface area contributed by atoms with Crippen molar-refractivity contribution < 1.29 is 19.0 Å². The van der Waals surface area contributed by atoms with Crippen LogP contribution in [-0.2, 0) is 11.2 Å². The van der Waals surface area contributed by atoms with Crippen LogP contribution in [0, 0.1) is 0 Å². The molecular weight excluding hydrogens is 438 g/mol. The Hall–Kier alpha value is -3.52. The Kier molecular flexibility index (Phi) is 5.25. The van der Waals surface area contributed by atoms with Gasteiger partial charge in [-0.05, 0) is 41.5 Å². The molecule has 2 atom stereocenters. The monoisotopic (exact) mass is 463 g/mol. The predicted molar refractivity (Wildman–Crippen MR) is 130 cm³/mol. The van der Waals surface area contributed by atoms with Gasteiger partial charge in [0.25, 0.3) is 5.91 Å². The van der Waals surface area contributed by atoms with E-state index in [9.17, 15) is 4.79 Å². The lowest BCUT2D eigenvalue weighted by molar-refractivity contribution is -0.128. The van der Waals surface area contributed by atoms with E-state index in [0.29, 0.717) is 35.3 Å². The van der Waals surface area contributed by atoms with E-state index in [1.807, 2.05) is 29.2 Å². The summed E-state index contributed by atoms with van der Waals surface area (Å²) in [6, 6.07) is 11.3. The Morgan fingerprint density at radius 3 is 2.48 bits per heavy atom. The van der Waals surface area contributed by atoms with Gasteiger partial charge in [-0.15, -0.1) is 6.58 Å². The lowest BCUT2D eigenvalue weighted by Gasteiger charge is -2.37. The average molecular weight is 464 g/mol. The van der Waals surface area contributed by atoms with Crippen LogP contribution >= 0.6 is 12.2 Å². The third-order valence-electron chi connectivity index (χ3n) is 6.45. The summed E-state index contributed by atoms with van der Waals surface area (Å²) in [5.41, 5.74) is 4.06. The van der Waals surface area contributed by atoms with E-state index in [2.05, 4.69) is 23.7 Å². The molecule has 0 aliphatic carbocycles. The topological polar surface area (TPSA) is 67.0 Å². The number of carbonyl (C=O) groups is 1. The molecule has 3 aromatic rings. The molecule has 1 N–H and O–H groups in total. The summed E-state index contributed by atoms with van der Waals surface area (Å²) in [7, 11) is 4.76. The van der Waals surface area contributed by atoms with Gasteiger partial charge >= 0.3 is 0 Å². The van der Waals surface area contributed by atoms with Crippen LogP contribution in [-0.4, -0.2) is 59.7 Å². The standard InChI is InChI=1S/C25H25N3O4S/c1-5-10-27-24(29)18-13-16-15-8-6-7-9-17(15)26-21(16)22(28(18)25(27)33)14-11-19(30-2)23(32-4)20(12-14)31-3/h5-9,11-12,18,22,26H,1,10,13H2,2-4H3/t18-,22-/m0/s1. The Bertz CT molecular complexity index is 1260. The number of hydrogen-bond donors (Lipinski definition) is 1. The molecule has 3 heterocycles. The molecule has 2 aliphatic heterocycles. The van der Waals surface area contributed by atoms with Crippen molar-refractivity contribution in [3.8, 4) is 17.2 Å². The van der Waals surface area contributed by atoms with Crippen molar-refractivity contribution in [1.82, 2.24) is 14.8 Å². The summed E-state index contributed by atoms with van der Waals surface area (Å²) >= 11 is 5.82. The maximum atomic E-state index is 13.4. The van der Waals surface area contributed by atoms with Crippen LogP contribution in [0.5, 0.6) is 17.2 Å². The molecule has 170 valence electrons. The molecule has 0 spiro atoms. The number of H-pyrrole nitrogens is 1. The second kappa shape index (κ2) is 8.12. The summed E-state index contributed by atoms with van der Waals surface area (Å²) in [4.78, 5) is 20.7. The molecule has 0 radical (unpaired) electrons. The number of nitrogens with one attached hydrogen (secondary N) is 1. The van der Waals surface area contributed by atoms with Crippen LogP contribution in [0.4, 0.5) is 0 Å². The van der Waals surface area contributed by atoms with Crippen molar-refractivity contribution in [3.05, 3.63) is 65.9 Å². The summed E-state index contributed by atoms with van der Waals surface area (Å²) in [5.74, 6) is 1.60. The van der Waals surface area contributed by atoms with Crippen molar-refractivity contribution in [2.24, 2.45) is 0 Å². The van der Waals surface area contributed by atoms with Gasteiger partial charge in [0.15, 0.2) is 16.6 Å². The fourth-order valence-electron chi connectivity index (χ4n) is 5.03. The van der Waals surface area contributed by atoms with Gasteiger partial charge in [0.1, 0.15) is 6.04 Å². The molecule has 1 amide bonds. The molecule has 2 aromatic carbocycles. The zero-order valence-electron chi connectivity index (χ0n) is 18.8. The number of nitrogens with zero attached hydrogens (tertiary/aromatic N) is 2. The average Bonchev–Trinajstić information content (AvgIpc) is 3.32. The molecule has 0 bridgehead atoms. The first-order chi connectivity index (χ1) is 16.0. The Balaban J connectivity index is 1.76. The highest BCUT2D eigenvalue weighted by Gasteiger charge is 2.50. The molecule has 7 nitrogen and oxygen atoms in total. The van der Waals surface area contributed by atoms with Crippen molar-refractivity contribution in [3.63, 3.8) is 0 Å². The summed E-state index contributed by atoms with van der Waals surface area (Å²) in [5, 5.41) is 1.61. The first-order valence-corrected chi connectivity index (χ1v) is 11.1. The molecule has 0 unspecified atom stereocenters. The van der Waals surface area contributed by atoms with Gasteiger partial charge < -0.3 is 24.1 Å². The molecule has 1 aromatic heterocycles. The van der Waals surface area contributed by atoms with E-state index in [1.165, 1.54) is 0 Å². The van der Waals surface area contributed by atoms with E-state index >= 15 is 0 Å². The highest BCUT2D eigenvalue weighted by atomic mass is 32.1. The Morgan fingerprint density at radius 2 is 1.85 bits per heavy atom. The van der Waals surface area contributed by atoms with Gasteiger partial charge in [-0.25, -0.2) is 0 Å². The van der Waals surface area contributed by atoms with E-state index in [-0.39, 0.29) is 11.9 Å². The van der Waals surface area contributed by atoms with E-state index in [0.717, 1.165) is 27.7 Å². The van der Waals surface area contributed by atoms with Crippen LogP contribution in [0.15, 0.2) is 49.1 Å². The lowest BCUT2D eigenvalue weighted by Crippen LogP contribution is -2.44. The van der Waals surface area contributed by atoms with Crippen molar-refractivity contribution in [2.45, 2.75) is 18.5 Å². The minimum Gasteiger partial charge on any atom is -0.493 e. The van der Waals surface area contributed by atoms with E-state index in [4.69, 9.17) is 26.4 Å². The van der Waals surface area contributed by atoms with Gasteiger partial charge in [-0.1, -0.05) is 24.3 Å². The Morgan fingerprint density at radius 1 is 1.15 bits per heavy atom. The highest BCUT2D eigenvalue weighted by Crippen LogP contribution is 2.47. The lowest BCUT2D eigenvalue weighted by atomic mass is 9.88. The number of thiocarbonyl (C=S) groups is 1. The number of aromatic amines is 1. The van der Waals surface area contributed by atoms with Crippen molar-refractivity contribution >= 4 is 34.1 Å². The van der Waals surface area contributed by atoms with Gasteiger partial charge in [-0.2, -0.15) is 0 Å². The number of rotatable bonds is 6. The van der Waals surface area contributed by atoms with Crippen molar-refractivity contribution in [2.75, 3.05) is 27.9 Å². The number of para-hydroxylation sites is 1. The van der Waals surface area contributed by atoms with Crippen LogP contribution in [0.1, 0.15) is 22.9 Å². The minimum absolute atomic E-state index is 0.00623. The molecule has 1 saturated heterocycles. The normalized spacial score (nSPS) is 19.5. The smallest absolute Gasteiger partial charge is 0.252 e. The van der Waals surface area contributed by atoms with Crippen LogP contribution in [0.25, 0.3) is 10.9 Å². The maximum absolute atomic E-state index is 13.4. The van der Waals surface area contributed by atoms with Crippen LogP contribution in [0.2, 0.25) is 0 Å². The highest BCUT2D eigenvalue weighted by molar-refractivity contribution is 7.80. The summed E-state index contributed by atoms with van der Waals surface area (Å²) < 4.78 is 16.8. The van der Waals surface area contributed by atoms with Crippen LogP contribution in [0.3, 0.4) is 0 Å². The third-order valence-corrected chi connectivity index (χ3v) is 6.88. The number of aromatic nitrogens is 1. The fraction of sp³-hybridized carbons (Fsp3) is 0.280. The largest absolute Gasteiger partial charge is 0.493 e. The number of amides is 1. The summed E-state index contributed by atoms with van der Waals surface area (Å²) in [6.07, 6.45) is 2.28. The number of fused-ring (bicyclic) bond motifs is 4. The molecule has 1 fully saturated rings. The zero-order valence-corrected chi connectivity index (χ0v) is 19.6. The SMILES string of the molecule is C=CCN1C(=O)[C@@H]2Cc3c([nH]c4ccccc34)[C@H](c3cc(OC)c(OC)c(OC)c3)N2C1=S. The van der Waals surface area contributed by atoms with Gasteiger partial charge in [-0.3, -0.25) is 9.69 Å². The van der Waals surface area contributed by atoms with Gasteiger partial charge in [0.2, 0.25) is 5.75 Å². The summed E-state index contributed by atoms with van der Waals surface area (Å²) in [6.45, 7) is 4.17. The van der Waals surface area contributed by atoms with E-state index in [1.54, 1.807) is 32.3 Å². The minimum atomic E-state index is -0.395. The quantitative estimate of drug-likeness (QED) is 0.443. The van der Waals surface area contributed by atoms with E-state index < -0.39 is 6.04 Å². The van der Waals surface area contributed by atoms with Crippen molar-refractivity contribution in [1.29, 1.82) is 0 Å². The van der Waals surface area contributed by atoms with Gasteiger partial charge in [0.05, 0.1) is 27.4 Å². The number of carbonyl (C=O) groups excluding carboxylic acids is 1. The first kappa shape index (κ1) is 21.3.